The minimum Gasteiger partial charge on any atom is -0.466 e. The fourth-order valence-electron chi connectivity index (χ4n) is 9.54. The van der Waals surface area contributed by atoms with Crippen LogP contribution < -0.4 is 0 Å². The van der Waals surface area contributed by atoms with Gasteiger partial charge in [0.25, 0.3) is 0 Å². The summed E-state index contributed by atoms with van der Waals surface area (Å²) in [7, 11) is 0. The molecular formula is C60H118O4. The molecular weight excluding hydrogens is 785 g/mol. The average molecular weight is 904 g/mol. The van der Waals surface area contributed by atoms with Gasteiger partial charge in [-0.2, -0.15) is 0 Å². The molecule has 0 aromatic rings. The van der Waals surface area contributed by atoms with E-state index in [-0.39, 0.29) is 11.9 Å². The van der Waals surface area contributed by atoms with Crippen molar-refractivity contribution in [3.63, 3.8) is 0 Å². The van der Waals surface area contributed by atoms with Gasteiger partial charge in [0.2, 0.25) is 0 Å². The van der Waals surface area contributed by atoms with Gasteiger partial charge in [0.05, 0.1) is 13.2 Å². The molecule has 0 aliphatic heterocycles. The van der Waals surface area contributed by atoms with Crippen molar-refractivity contribution in [2.45, 2.75) is 361 Å². The van der Waals surface area contributed by atoms with Gasteiger partial charge < -0.3 is 9.47 Å². The number of hydrogen-bond donors (Lipinski definition) is 0. The van der Waals surface area contributed by atoms with E-state index in [0.29, 0.717) is 26.1 Å². The van der Waals surface area contributed by atoms with Gasteiger partial charge in [-0.05, 0) is 25.7 Å². The Kier molecular flexibility index (Phi) is 57.1. The van der Waals surface area contributed by atoms with Gasteiger partial charge in [0, 0.05) is 12.8 Å². The fraction of sp³-hybridized carbons (Fsp3) is 0.967. The monoisotopic (exact) mass is 903 g/mol. The molecule has 0 N–H and O–H groups in total. The molecule has 0 saturated carbocycles. The highest BCUT2D eigenvalue weighted by Crippen LogP contribution is 2.18. The molecule has 0 unspecified atom stereocenters. The molecule has 0 saturated heterocycles. The van der Waals surface area contributed by atoms with Crippen molar-refractivity contribution in [2.24, 2.45) is 0 Å². The molecule has 0 rings (SSSR count). The summed E-state index contributed by atoms with van der Waals surface area (Å²) in [5, 5.41) is 0. The predicted molar refractivity (Wildman–Crippen MR) is 283 cm³/mol. The normalized spacial score (nSPS) is 11.5. The van der Waals surface area contributed by atoms with Crippen LogP contribution in [0.2, 0.25) is 0 Å². The highest BCUT2D eigenvalue weighted by molar-refractivity contribution is 5.69. The second-order valence-electron chi connectivity index (χ2n) is 20.6. The van der Waals surface area contributed by atoms with Crippen molar-refractivity contribution >= 4 is 11.9 Å². The third kappa shape index (κ3) is 57.1. The van der Waals surface area contributed by atoms with Crippen molar-refractivity contribution in [2.75, 3.05) is 13.2 Å². The molecule has 0 radical (unpaired) electrons. The van der Waals surface area contributed by atoms with Crippen molar-refractivity contribution in [3.8, 4) is 0 Å². The van der Waals surface area contributed by atoms with Crippen molar-refractivity contribution in [3.05, 3.63) is 0 Å². The summed E-state index contributed by atoms with van der Waals surface area (Å²) < 4.78 is 10.8. The van der Waals surface area contributed by atoms with E-state index in [1.807, 2.05) is 0 Å². The maximum atomic E-state index is 12.1. The lowest BCUT2D eigenvalue weighted by atomic mass is 10.0. The van der Waals surface area contributed by atoms with E-state index in [1.54, 1.807) is 0 Å². The molecule has 4 nitrogen and oxygen atoms in total. The first-order chi connectivity index (χ1) is 31.7. The van der Waals surface area contributed by atoms with Crippen LogP contribution in [0.5, 0.6) is 0 Å². The Labute approximate surface area is 403 Å². The number of hydrogen-bond acceptors (Lipinski definition) is 4. The quantitative estimate of drug-likeness (QED) is 0.0451. The standard InChI is InChI=1S/C60H118O4/c1-3-5-7-9-11-13-15-17-19-21-23-25-27-29-31-33-35-37-39-41-43-45-47-49-51-55-59(61)63-57-53-54-58-64-60(62)56-52-50-48-46-44-42-40-38-36-34-32-30-28-26-24-22-20-18-16-14-12-10-8-6-4-2/h3-58H2,1-2H3. The van der Waals surface area contributed by atoms with Crippen LogP contribution in [-0.4, -0.2) is 25.2 Å². The zero-order chi connectivity index (χ0) is 46.2. The van der Waals surface area contributed by atoms with Gasteiger partial charge in [-0.1, -0.05) is 322 Å². The molecule has 0 atom stereocenters. The largest absolute Gasteiger partial charge is 0.466 e. The Balaban J connectivity index is 3.22. The summed E-state index contributed by atoms with van der Waals surface area (Å²) >= 11 is 0. The summed E-state index contributed by atoms with van der Waals surface area (Å²) in [5.74, 6) is -0.145. The Bertz CT molecular complexity index is 802. The van der Waals surface area contributed by atoms with E-state index in [0.717, 1.165) is 38.5 Å². The minimum atomic E-state index is -0.0725. The van der Waals surface area contributed by atoms with E-state index in [1.165, 1.54) is 295 Å². The van der Waals surface area contributed by atoms with Crippen LogP contribution in [0.25, 0.3) is 0 Å². The lowest BCUT2D eigenvalue weighted by molar-refractivity contribution is -0.146. The topological polar surface area (TPSA) is 52.6 Å². The Morgan fingerprint density at radius 2 is 0.344 bits per heavy atom. The first-order valence-electron chi connectivity index (χ1n) is 30.0. The highest BCUT2D eigenvalue weighted by atomic mass is 16.5. The molecule has 382 valence electrons. The van der Waals surface area contributed by atoms with E-state index >= 15 is 0 Å². The van der Waals surface area contributed by atoms with Crippen molar-refractivity contribution in [1.29, 1.82) is 0 Å². The molecule has 0 aromatic heterocycles. The fourth-order valence-corrected chi connectivity index (χ4v) is 9.54. The zero-order valence-corrected chi connectivity index (χ0v) is 44.2. The van der Waals surface area contributed by atoms with Crippen LogP contribution in [0.1, 0.15) is 361 Å². The third-order valence-electron chi connectivity index (χ3n) is 14.0. The molecule has 0 aliphatic carbocycles. The summed E-state index contributed by atoms with van der Waals surface area (Å²) in [6.07, 6.45) is 72.0. The average Bonchev–Trinajstić information content (AvgIpc) is 3.30. The first-order valence-corrected chi connectivity index (χ1v) is 30.0. The first kappa shape index (κ1) is 62.9. The predicted octanol–water partition coefficient (Wildman–Crippen LogP) is 21.2. The molecule has 0 spiro atoms. The summed E-state index contributed by atoms with van der Waals surface area (Å²) in [5.41, 5.74) is 0. The molecule has 0 aromatic carbocycles. The Hall–Kier alpha value is -1.06. The lowest BCUT2D eigenvalue weighted by Crippen LogP contribution is -2.08. The molecule has 0 aliphatic rings. The van der Waals surface area contributed by atoms with Crippen molar-refractivity contribution < 1.29 is 19.1 Å². The maximum Gasteiger partial charge on any atom is 0.305 e. The highest BCUT2D eigenvalue weighted by Gasteiger charge is 2.06. The van der Waals surface area contributed by atoms with Gasteiger partial charge in [-0.25, -0.2) is 0 Å². The zero-order valence-electron chi connectivity index (χ0n) is 44.2. The summed E-state index contributed by atoms with van der Waals surface area (Å²) in [6, 6.07) is 0. The number of unbranched alkanes of at least 4 members (excludes halogenated alkanes) is 49. The number of esters is 2. The third-order valence-corrected chi connectivity index (χ3v) is 14.0. The molecule has 0 heterocycles. The summed E-state index contributed by atoms with van der Waals surface area (Å²) in [4.78, 5) is 24.2. The second kappa shape index (κ2) is 58.1. The van der Waals surface area contributed by atoms with E-state index in [4.69, 9.17) is 9.47 Å². The van der Waals surface area contributed by atoms with Gasteiger partial charge in [0.15, 0.2) is 0 Å². The molecule has 0 bridgehead atoms. The Morgan fingerprint density at radius 3 is 0.500 bits per heavy atom. The van der Waals surface area contributed by atoms with Crippen LogP contribution in [-0.2, 0) is 19.1 Å². The Morgan fingerprint density at radius 1 is 0.203 bits per heavy atom. The molecule has 4 heteroatoms. The maximum absolute atomic E-state index is 12.1. The van der Waals surface area contributed by atoms with Gasteiger partial charge in [-0.15, -0.1) is 0 Å². The second-order valence-corrected chi connectivity index (χ2v) is 20.6. The smallest absolute Gasteiger partial charge is 0.305 e. The van der Waals surface area contributed by atoms with Crippen LogP contribution in [0.4, 0.5) is 0 Å². The van der Waals surface area contributed by atoms with Gasteiger partial charge in [-0.3, -0.25) is 9.59 Å². The van der Waals surface area contributed by atoms with E-state index in [2.05, 4.69) is 13.8 Å². The van der Waals surface area contributed by atoms with Crippen LogP contribution in [0, 0.1) is 0 Å². The SMILES string of the molecule is CCCCCCCCCCCCCCCCCCCCCCCCCCCC(=O)OCCCCOC(=O)CCCCCCCCCCCCCCCCCCCCCCCCCCC. The number of rotatable bonds is 57. The number of carbonyl (C=O) groups excluding carboxylic acids is 2. The lowest BCUT2D eigenvalue weighted by Gasteiger charge is -2.07. The van der Waals surface area contributed by atoms with Crippen LogP contribution >= 0.6 is 0 Å². The van der Waals surface area contributed by atoms with Crippen LogP contribution in [0.15, 0.2) is 0 Å². The van der Waals surface area contributed by atoms with E-state index in [9.17, 15) is 9.59 Å². The van der Waals surface area contributed by atoms with Gasteiger partial charge in [0.1, 0.15) is 0 Å². The number of carbonyl (C=O) groups is 2. The summed E-state index contributed by atoms with van der Waals surface area (Å²) in [6.45, 7) is 5.48. The molecule has 0 amide bonds. The van der Waals surface area contributed by atoms with Crippen LogP contribution in [0.3, 0.4) is 0 Å². The molecule has 0 fully saturated rings. The molecule has 64 heavy (non-hydrogen) atoms. The minimum absolute atomic E-state index is 0.0725. The number of ether oxygens (including phenoxy) is 2. The van der Waals surface area contributed by atoms with E-state index < -0.39 is 0 Å². The van der Waals surface area contributed by atoms with Gasteiger partial charge >= 0.3 is 11.9 Å². The van der Waals surface area contributed by atoms with Crippen molar-refractivity contribution in [1.82, 2.24) is 0 Å².